The van der Waals surface area contributed by atoms with Crippen LogP contribution in [0, 0.1) is 0 Å². The Morgan fingerprint density at radius 2 is 1.36 bits per heavy atom. The van der Waals surface area contributed by atoms with Gasteiger partial charge >= 0.3 is 0 Å². The SMILES string of the molecule is C/C=C\C(=C(/C)SC)c1ccccc1-c1cccc2c1-c1ccccc1C2(C/C=C\CCC)C(/C=C\C)=C/C.CCC. The van der Waals surface area contributed by atoms with Gasteiger partial charge in [-0.05, 0) is 102 Å². The Balaban J connectivity index is 0.00000155. The normalized spacial score (nSPS) is 16.9. The molecule has 1 unspecified atom stereocenters. The summed E-state index contributed by atoms with van der Waals surface area (Å²) in [4.78, 5) is 1.33. The highest BCUT2D eigenvalue weighted by Crippen LogP contribution is 2.57. The van der Waals surface area contributed by atoms with E-state index in [1.807, 2.05) is 11.8 Å². The molecule has 0 N–H and O–H groups in total. The van der Waals surface area contributed by atoms with Gasteiger partial charge in [0.2, 0.25) is 0 Å². The van der Waals surface area contributed by atoms with Crippen LogP contribution in [0.5, 0.6) is 0 Å². The van der Waals surface area contributed by atoms with E-state index in [2.05, 4.69) is 164 Å². The quantitative estimate of drug-likeness (QED) is 0.171. The van der Waals surface area contributed by atoms with Crippen molar-refractivity contribution < 1.29 is 0 Å². The molecule has 1 atom stereocenters. The Labute approximate surface area is 261 Å². The van der Waals surface area contributed by atoms with Gasteiger partial charge in [0.1, 0.15) is 0 Å². The number of benzene rings is 3. The van der Waals surface area contributed by atoms with Gasteiger partial charge < -0.3 is 0 Å². The predicted molar refractivity (Wildman–Crippen MR) is 192 cm³/mol. The number of fused-ring (bicyclic) bond motifs is 3. The Morgan fingerprint density at radius 1 is 0.738 bits per heavy atom. The van der Waals surface area contributed by atoms with Gasteiger partial charge in [0.15, 0.2) is 0 Å². The van der Waals surface area contributed by atoms with Crippen LogP contribution < -0.4 is 0 Å². The summed E-state index contributed by atoms with van der Waals surface area (Å²) in [7, 11) is 0. The Hall–Kier alpha value is -3.29. The zero-order valence-electron chi connectivity index (χ0n) is 27.1. The zero-order chi connectivity index (χ0) is 30.5. The molecule has 0 fully saturated rings. The molecular formula is C41H50S. The molecule has 3 aromatic carbocycles. The van der Waals surface area contributed by atoms with Crippen LogP contribution in [0.1, 0.15) is 90.8 Å². The first-order valence-electron chi connectivity index (χ1n) is 15.7. The lowest BCUT2D eigenvalue weighted by atomic mass is 9.69. The minimum absolute atomic E-state index is 0.223. The maximum Gasteiger partial charge on any atom is 0.0494 e. The molecular weight excluding hydrogens is 525 g/mol. The Morgan fingerprint density at radius 3 is 2.00 bits per heavy atom. The maximum atomic E-state index is 2.41. The van der Waals surface area contributed by atoms with Crippen molar-refractivity contribution in [2.24, 2.45) is 0 Å². The molecule has 42 heavy (non-hydrogen) atoms. The molecule has 0 aliphatic heterocycles. The van der Waals surface area contributed by atoms with Crippen molar-refractivity contribution in [1.82, 2.24) is 0 Å². The van der Waals surface area contributed by atoms with Crippen molar-refractivity contribution in [2.75, 3.05) is 6.26 Å². The van der Waals surface area contributed by atoms with E-state index in [9.17, 15) is 0 Å². The first kappa shape index (κ1) is 33.2. The van der Waals surface area contributed by atoms with E-state index in [1.165, 1.54) is 67.8 Å². The highest BCUT2D eigenvalue weighted by molar-refractivity contribution is 8.02. The minimum atomic E-state index is -0.223. The Bertz CT molecular complexity index is 1480. The molecule has 3 aromatic rings. The summed E-state index contributed by atoms with van der Waals surface area (Å²) in [6.45, 7) is 15.1. The minimum Gasteiger partial charge on any atom is -0.134 e. The molecule has 0 bridgehead atoms. The van der Waals surface area contributed by atoms with E-state index in [0.29, 0.717) is 0 Å². The molecule has 0 radical (unpaired) electrons. The van der Waals surface area contributed by atoms with Gasteiger partial charge in [-0.15, -0.1) is 11.8 Å². The molecule has 0 aromatic heterocycles. The van der Waals surface area contributed by atoms with E-state index in [1.54, 1.807) is 0 Å². The number of allylic oxidation sites excluding steroid dienone is 10. The smallest absolute Gasteiger partial charge is 0.0494 e. The summed E-state index contributed by atoms with van der Waals surface area (Å²) < 4.78 is 0. The van der Waals surface area contributed by atoms with Crippen molar-refractivity contribution in [3.8, 4) is 22.3 Å². The number of hydrogen-bond donors (Lipinski definition) is 0. The molecule has 220 valence electrons. The van der Waals surface area contributed by atoms with Crippen molar-refractivity contribution in [3.63, 3.8) is 0 Å². The van der Waals surface area contributed by atoms with Gasteiger partial charge in [0.25, 0.3) is 0 Å². The standard InChI is InChI=1S/C38H42S.C3H8/c1-7-11-12-17-27-38(29(10-4)19-8-2)35-25-16-15-23-34(35)37-33(24-18-26-36(37)38)32-22-14-13-21-31(32)30(20-9-3)28(5)39-6;1-3-2/h8-10,12-26H,7,11,27H2,1-6H3;3H2,1-2H3/b17-12-,19-8-,20-9-,29-10+,30-28-;. The molecule has 0 saturated carbocycles. The summed E-state index contributed by atoms with van der Waals surface area (Å²) in [6, 6.07) is 25.0. The van der Waals surface area contributed by atoms with Crippen LogP contribution >= 0.6 is 11.8 Å². The monoisotopic (exact) mass is 574 g/mol. The van der Waals surface area contributed by atoms with Crippen LogP contribution in [-0.2, 0) is 5.41 Å². The lowest BCUT2D eigenvalue weighted by Gasteiger charge is -2.33. The summed E-state index contributed by atoms with van der Waals surface area (Å²) in [6.07, 6.45) is 22.6. The van der Waals surface area contributed by atoms with Crippen molar-refractivity contribution in [3.05, 3.63) is 136 Å². The van der Waals surface area contributed by atoms with Crippen molar-refractivity contribution in [2.45, 2.75) is 79.6 Å². The fraction of sp³-hybridized carbons (Fsp3) is 0.317. The fourth-order valence-electron chi connectivity index (χ4n) is 6.13. The molecule has 0 nitrogen and oxygen atoms in total. The number of unbranched alkanes of at least 4 members (excludes halogenated alkanes) is 1. The predicted octanol–water partition coefficient (Wildman–Crippen LogP) is 13.0. The topological polar surface area (TPSA) is 0 Å². The molecule has 0 heterocycles. The van der Waals surface area contributed by atoms with Crippen LogP contribution in [0.3, 0.4) is 0 Å². The van der Waals surface area contributed by atoms with Gasteiger partial charge in [-0.25, -0.2) is 0 Å². The van der Waals surface area contributed by atoms with Gasteiger partial charge in [-0.3, -0.25) is 0 Å². The molecule has 0 saturated heterocycles. The molecule has 1 heteroatoms. The molecule has 0 spiro atoms. The van der Waals surface area contributed by atoms with Crippen LogP contribution in [-0.4, -0.2) is 6.26 Å². The largest absolute Gasteiger partial charge is 0.134 e. The Kier molecular flexibility index (Phi) is 12.9. The third-order valence-corrected chi connectivity index (χ3v) is 8.74. The van der Waals surface area contributed by atoms with Crippen molar-refractivity contribution in [1.29, 1.82) is 0 Å². The lowest BCUT2D eigenvalue weighted by molar-refractivity contribution is 0.640. The third kappa shape index (κ3) is 6.68. The molecule has 1 aliphatic carbocycles. The van der Waals surface area contributed by atoms with E-state index in [4.69, 9.17) is 0 Å². The number of hydrogen-bond acceptors (Lipinski definition) is 1. The summed E-state index contributed by atoms with van der Waals surface area (Å²) in [5.74, 6) is 0. The van der Waals surface area contributed by atoms with E-state index in [-0.39, 0.29) is 5.41 Å². The van der Waals surface area contributed by atoms with Crippen LogP contribution in [0.25, 0.3) is 27.8 Å². The number of thioether (sulfide) groups is 1. The fourth-order valence-corrected chi connectivity index (χ4v) is 6.52. The van der Waals surface area contributed by atoms with E-state index in [0.717, 1.165) is 12.8 Å². The molecule has 4 rings (SSSR count). The van der Waals surface area contributed by atoms with Gasteiger partial charge in [0, 0.05) is 5.41 Å². The maximum absolute atomic E-state index is 2.41. The van der Waals surface area contributed by atoms with Crippen LogP contribution in [0.4, 0.5) is 0 Å². The average molecular weight is 575 g/mol. The first-order valence-corrected chi connectivity index (χ1v) is 16.9. The second-order valence-electron chi connectivity index (χ2n) is 10.8. The van der Waals surface area contributed by atoms with E-state index < -0.39 is 0 Å². The second-order valence-corrected chi connectivity index (χ2v) is 11.8. The lowest BCUT2D eigenvalue weighted by Crippen LogP contribution is -2.26. The van der Waals surface area contributed by atoms with Crippen molar-refractivity contribution >= 4 is 17.3 Å². The molecule has 0 amide bonds. The van der Waals surface area contributed by atoms with Crippen LogP contribution in [0.2, 0.25) is 0 Å². The summed E-state index contributed by atoms with van der Waals surface area (Å²) >= 11 is 1.82. The third-order valence-electron chi connectivity index (χ3n) is 7.90. The van der Waals surface area contributed by atoms with Gasteiger partial charge in [-0.1, -0.05) is 143 Å². The highest BCUT2D eigenvalue weighted by atomic mass is 32.2. The number of rotatable bonds is 10. The summed E-state index contributed by atoms with van der Waals surface area (Å²) in [5.41, 5.74) is 11.8. The highest BCUT2D eigenvalue weighted by Gasteiger charge is 2.45. The molecule has 1 aliphatic rings. The zero-order valence-corrected chi connectivity index (χ0v) is 27.9. The summed E-state index contributed by atoms with van der Waals surface area (Å²) in [5, 5.41) is 0. The van der Waals surface area contributed by atoms with Gasteiger partial charge in [-0.2, -0.15) is 0 Å². The average Bonchev–Trinajstić information content (AvgIpc) is 3.31. The second kappa shape index (κ2) is 16.4. The van der Waals surface area contributed by atoms with Crippen LogP contribution in [0.15, 0.2) is 120 Å². The first-order chi connectivity index (χ1) is 20.5. The van der Waals surface area contributed by atoms with E-state index >= 15 is 0 Å². The van der Waals surface area contributed by atoms with Gasteiger partial charge in [0.05, 0.1) is 0 Å².